The summed E-state index contributed by atoms with van der Waals surface area (Å²) in [5, 5.41) is 3.30. The van der Waals surface area contributed by atoms with Gasteiger partial charge in [-0.1, -0.05) is 0 Å². The molecule has 2 fully saturated rings. The van der Waals surface area contributed by atoms with Crippen LogP contribution in [0.5, 0.6) is 11.5 Å². The van der Waals surface area contributed by atoms with Crippen LogP contribution in [0.4, 0.5) is 5.82 Å². The van der Waals surface area contributed by atoms with Crippen molar-refractivity contribution in [3.05, 3.63) is 12.3 Å². The van der Waals surface area contributed by atoms with E-state index in [2.05, 4.69) is 15.2 Å². The average molecular weight is 376 g/mol. The SMILES string of the molecule is COc1cnc2c(c1)OCCC1CN(C(=O)CCOCC3CCN3)CCN21. The zero-order valence-electron chi connectivity index (χ0n) is 15.9. The molecular weight excluding hydrogens is 348 g/mol. The van der Waals surface area contributed by atoms with Gasteiger partial charge in [0.25, 0.3) is 0 Å². The number of nitrogens with one attached hydrogen (secondary N) is 1. The molecule has 1 amide bonds. The molecule has 4 heterocycles. The van der Waals surface area contributed by atoms with E-state index in [1.165, 1.54) is 6.42 Å². The zero-order chi connectivity index (χ0) is 18.6. The van der Waals surface area contributed by atoms with Crippen LogP contribution in [0, 0.1) is 0 Å². The number of hydrogen-bond donors (Lipinski definition) is 1. The van der Waals surface area contributed by atoms with Crippen molar-refractivity contribution in [1.29, 1.82) is 0 Å². The summed E-state index contributed by atoms with van der Waals surface area (Å²) in [5.74, 6) is 2.47. The predicted molar refractivity (Wildman–Crippen MR) is 100 cm³/mol. The van der Waals surface area contributed by atoms with Crippen molar-refractivity contribution in [3.63, 3.8) is 0 Å². The van der Waals surface area contributed by atoms with E-state index in [0.717, 1.165) is 31.1 Å². The predicted octanol–water partition coefficient (Wildman–Crippen LogP) is 0.659. The van der Waals surface area contributed by atoms with Gasteiger partial charge in [0, 0.05) is 38.2 Å². The van der Waals surface area contributed by atoms with E-state index < -0.39 is 0 Å². The van der Waals surface area contributed by atoms with Crippen LogP contribution in [-0.2, 0) is 9.53 Å². The average Bonchev–Trinajstić information content (AvgIpc) is 2.84. The summed E-state index contributed by atoms with van der Waals surface area (Å²) in [4.78, 5) is 21.3. The van der Waals surface area contributed by atoms with Crippen LogP contribution in [-0.4, -0.2) is 81.0 Å². The molecule has 1 N–H and O–H groups in total. The summed E-state index contributed by atoms with van der Waals surface area (Å²) in [6, 6.07) is 2.59. The summed E-state index contributed by atoms with van der Waals surface area (Å²) in [7, 11) is 1.62. The third kappa shape index (κ3) is 4.11. The monoisotopic (exact) mass is 376 g/mol. The number of anilines is 1. The highest BCUT2D eigenvalue weighted by Crippen LogP contribution is 2.35. The van der Waals surface area contributed by atoms with E-state index in [0.29, 0.717) is 51.1 Å². The molecule has 3 aliphatic rings. The summed E-state index contributed by atoms with van der Waals surface area (Å²) in [5.41, 5.74) is 0. The Morgan fingerprint density at radius 2 is 2.30 bits per heavy atom. The Labute approximate surface area is 159 Å². The number of carbonyl (C=O) groups is 1. The van der Waals surface area contributed by atoms with Crippen molar-refractivity contribution in [1.82, 2.24) is 15.2 Å². The van der Waals surface area contributed by atoms with Crippen LogP contribution in [0.1, 0.15) is 19.3 Å². The Kier molecular flexibility index (Phi) is 5.63. The Bertz CT molecular complexity index is 667. The lowest BCUT2D eigenvalue weighted by Crippen LogP contribution is -2.55. The van der Waals surface area contributed by atoms with Gasteiger partial charge in [0.2, 0.25) is 5.91 Å². The third-order valence-corrected chi connectivity index (χ3v) is 5.56. The quantitative estimate of drug-likeness (QED) is 0.731. The summed E-state index contributed by atoms with van der Waals surface area (Å²) >= 11 is 0. The van der Waals surface area contributed by atoms with Gasteiger partial charge in [-0.3, -0.25) is 4.79 Å². The lowest BCUT2D eigenvalue weighted by atomic mass is 10.1. The molecule has 3 aliphatic heterocycles. The number of nitrogens with zero attached hydrogens (tertiary/aromatic N) is 3. The molecule has 27 heavy (non-hydrogen) atoms. The minimum absolute atomic E-state index is 0.171. The second kappa shape index (κ2) is 8.31. The van der Waals surface area contributed by atoms with Crippen molar-refractivity contribution >= 4 is 11.7 Å². The number of methoxy groups -OCH3 is 1. The van der Waals surface area contributed by atoms with E-state index in [1.54, 1.807) is 13.3 Å². The van der Waals surface area contributed by atoms with Crippen LogP contribution in [0.3, 0.4) is 0 Å². The highest BCUT2D eigenvalue weighted by atomic mass is 16.5. The molecule has 0 aliphatic carbocycles. The van der Waals surface area contributed by atoms with Crippen LogP contribution in [0.15, 0.2) is 12.3 Å². The summed E-state index contributed by atoms with van der Waals surface area (Å²) in [6.07, 6.45) is 4.20. The molecular formula is C19H28N4O4. The Morgan fingerprint density at radius 3 is 3.07 bits per heavy atom. The minimum Gasteiger partial charge on any atom is -0.495 e. The molecule has 2 unspecified atom stereocenters. The molecule has 0 saturated carbocycles. The lowest BCUT2D eigenvalue weighted by Gasteiger charge is -2.41. The van der Waals surface area contributed by atoms with E-state index in [1.807, 2.05) is 11.0 Å². The molecule has 4 rings (SSSR count). The van der Waals surface area contributed by atoms with E-state index in [-0.39, 0.29) is 11.9 Å². The topological polar surface area (TPSA) is 76.2 Å². The van der Waals surface area contributed by atoms with Crippen molar-refractivity contribution in [2.24, 2.45) is 0 Å². The van der Waals surface area contributed by atoms with E-state index >= 15 is 0 Å². The summed E-state index contributed by atoms with van der Waals surface area (Å²) in [6.45, 7) is 5.06. The molecule has 1 aromatic rings. The molecule has 0 bridgehead atoms. The van der Waals surface area contributed by atoms with Gasteiger partial charge in [0.15, 0.2) is 11.6 Å². The van der Waals surface area contributed by atoms with Crippen LogP contribution in [0.2, 0.25) is 0 Å². The second-order valence-electron chi connectivity index (χ2n) is 7.29. The third-order valence-electron chi connectivity index (χ3n) is 5.56. The first-order valence-corrected chi connectivity index (χ1v) is 9.77. The molecule has 0 spiro atoms. The van der Waals surface area contributed by atoms with Gasteiger partial charge < -0.3 is 29.3 Å². The lowest BCUT2D eigenvalue weighted by molar-refractivity contribution is -0.133. The number of carbonyl (C=O) groups excluding carboxylic acids is 1. The first-order valence-electron chi connectivity index (χ1n) is 9.77. The van der Waals surface area contributed by atoms with Gasteiger partial charge in [-0.15, -0.1) is 0 Å². The number of piperazine rings is 1. The van der Waals surface area contributed by atoms with E-state index in [9.17, 15) is 4.79 Å². The second-order valence-corrected chi connectivity index (χ2v) is 7.29. The maximum absolute atomic E-state index is 12.6. The number of aromatic nitrogens is 1. The van der Waals surface area contributed by atoms with Gasteiger partial charge in [0.1, 0.15) is 5.75 Å². The van der Waals surface area contributed by atoms with Crippen molar-refractivity contribution < 1.29 is 19.0 Å². The van der Waals surface area contributed by atoms with Gasteiger partial charge in [0.05, 0.1) is 45.6 Å². The number of amides is 1. The molecule has 1 aromatic heterocycles. The molecule has 0 radical (unpaired) electrons. The smallest absolute Gasteiger partial charge is 0.225 e. The highest BCUT2D eigenvalue weighted by molar-refractivity contribution is 5.76. The Balaban J connectivity index is 1.31. The molecule has 8 heteroatoms. The van der Waals surface area contributed by atoms with Gasteiger partial charge >= 0.3 is 0 Å². The molecule has 148 valence electrons. The number of fused-ring (bicyclic) bond motifs is 3. The Morgan fingerprint density at radius 1 is 1.41 bits per heavy atom. The van der Waals surface area contributed by atoms with Crippen LogP contribution in [0.25, 0.3) is 0 Å². The fourth-order valence-electron chi connectivity index (χ4n) is 3.80. The first kappa shape index (κ1) is 18.3. The maximum Gasteiger partial charge on any atom is 0.225 e. The normalized spacial score (nSPS) is 24.2. The zero-order valence-corrected chi connectivity index (χ0v) is 15.9. The van der Waals surface area contributed by atoms with Crippen molar-refractivity contribution in [2.75, 3.05) is 58.0 Å². The van der Waals surface area contributed by atoms with Gasteiger partial charge in [-0.25, -0.2) is 4.98 Å². The van der Waals surface area contributed by atoms with Crippen molar-refractivity contribution in [2.45, 2.75) is 31.3 Å². The molecule has 2 atom stereocenters. The number of pyridine rings is 1. The molecule has 0 aromatic carbocycles. The van der Waals surface area contributed by atoms with Gasteiger partial charge in [-0.05, 0) is 13.0 Å². The summed E-state index contributed by atoms with van der Waals surface area (Å²) < 4.78 is 16.8. The van der Waals surface area contributed by atoms with Crippen LogP contribution < -0.4 is 19.7 Å². The fourth-order valence-corrected chi connectivity index (χ4v) is 3.80. The number of ether oxygens (including phenoxy) is 3. The van der Waals surface area contributed by atoms with Gasteiger partial charge in [-0.2, -0.15) is 0 Å². The standard InChI is InChI=1S/C19H28N4O4/c1-25-16-10-17-19(21-11-16)23-7-6-22(12-15(23)3-9-27-17)18(24)4-8-26-13-14-2-5-20-14/h10-11,14-15,20H,2-9,12-13H2,1H3. The largest absolute Gasteiger partial charge is 0.495 e. The highest BCUT2D eigenvalue weighted by Gasteiger charge is 2.33. The minimum atomic E-state index is 0.171. The molecule has 2 saturated heterocycles. The number of rotatable bonds is 6. The maximum atomic E-state index is 12.6. The Hall–Kier alpha value is -2.06. The first-order chi connectivity index (χ1) is 13.2. The van der Waals surface area contributed by atoms with Crippen LogP contribution >= 0.6 is 0 Å². The molecule has 8 nitrogen and oxygen atoms in total. The van der Waals surface area contributed by atoms with Crippen molar-refractivity contribution in [3.8, 4) is 11.5 Å². The van der Waals surface area contributed by atoms with E-state index in [4.69, 9.17) is 14.2 Å². The fraction of sp³-hybridized carbons (Fsp3) is 0.684. The number of hydrogen-bond acceptors (Lipinski definition) is 7.